The summed E-state index contributed by atoms with van der Waals surface area (Å²) >= 11 is 0. The number of aromatic nitrogens is 1. The van der Waals surface area contributed by atoms with Crippen molar-refractivity contribution >= 4 is 15.7 Å². The SMILES string of the molecule is C[C@@](CCn1ccc(-c2ccc(OC(F)(F)C3CCC(O)CC3)cc2)cc1=O)(C(=O)NOC1CCCCO1)S(C)(=O)=O. The van der Waals surface area contributed by atoms with Gasteiger partial charge < -0.3 is 19.1 Å². The van der Waals surface area contributed by atoms with Crippen LogP contribution < -0.4 is 15.8 Å². The number of hydrogen-bond donors (Lipinski definition) is 2. The number of alkyl halides is 2. The zero-order valence-corrected chi connectivity index (χ0v) is 24.6. The second-order valence-corrected chi connectivity index (χ2v) is 13.7. The van der Waals surface area contributed by atoms with Crippen molar-refractivity contribution in [1.29, 1.82) is 0 Å². The molecule has 1 saturated carbocycles. The third-order valence-corrected chi connectivity index (χ3v) is 10.2. The summed E-state index contributed by atoms with van der Waals surface area (Å²) in [5, 5.41) is 9.58. The molecular formula is C29H38F2N2O8S. The van der Waals surface area contributed by atoms with E-state index in [2.05, 4.69) is 5.48 Å². The number of hydroxylamine groups is 1. The highest BCUT2D eigenvalue weighted by molar-refractivity contribution is 7.92. The number of carbonyl (C=O) groups excluding carboxylic acids is 1. The van der Waals surface area contributed by atoms with Crippen LogP contribution in [0.3, 0.4) is 0 Å². The number of ether oxygens (including phenoxy) is 2. The van der Waals surface area contributed by atoms with Gasteiger partial charge in [0.25, 0.3) is 11.5 Å². The lowest BCUT2D eigenvalue weighted by molar-refractivity contribution is -0.224. The number of benzene rings is 1. The van der Waals surface area contributed by atoms with Crippen LogP contribution in [0, 0.1) is 5.92 Å². The van der Waals surface area contributed by atoms with Crippen LogP contribution in [0.4, 0.5) is 8.78 Å². The van der Waals surface area contributed by atoms with Gasteiger partial charge in [-0.2, -0.15) is 8.78 Å². The molecule has 2 N–H and O–H groups in total. The normalized spacial score (nSPS) is 23.1. The Balaban J connectivity index is 1.39. The van der Waals surface area contributed by atoms with Gasteiger partial charge in [-0.05, 0) is 81.2 Å². The van der Waals surface area contributed by atoms with Crippen LogP contribution in [-0.2, 0) is 30.8 Å². The molecule has 0 spiro atoms. The van der Waals surface area contributed by atoms with E-state index in [0.29, 0.717) is 37.0 Å². The Kier molecular flexibility index (Phi) is 10.1. The lowest BCUT2D eigenvalue weighted by atomic mass is 9.86. The molecule has 13 heteroatoms. The maximum Gasteiger partial charge on any atom is 0.400 e. The summed E-state index contributed by atoms with van der Waals surface area (Å²) in [4.78, 5) is 31.0. The number of halogens is 2. The van der Waals surface area contributed by atoms with E-state index in [9.17, 15) is 31.9 Å². The van der Waals surface area contributed by atoms with E-state index in [1.54, 1.807) is 18.2 Å². The molecule has 10 nitrogen and oxygen atoms in total. The second-order valence-electron chi connectivity index (χ2n) is 11.2. The molecule has 1 amide bonds. The minimum absolute atomic E-state index is 0.0134. The van der Waals surface area contributed by atoms with Crippen molar-refractivity contribution in [3.63, 3.8) is 0 Å². The molecule has 1 aliphatic heterocycles. The number of nitrogens with zero attached hydrogens (tertiary/aromatic N) is 1. The number of sulfone groups is 1. The minimum Gasteiger partial charge on any atom is -0.432 e. The average molecular weight is 613 g/mol. The first kappa shape index (κ1) is 32.1. The van der Waals surface area contributed by atoms with Crippen molar-refractivity contribution in [3.05, 3.63) is 52.9 Å². The van der Waals surface area contributed by atoms with Gasteiger partial charge in [0, 0.05) is 38.1 Å². The van der Waals surface area contributed by atoms with E-state index in [4.69, 9.17) is 14.3 Å². The van der Waals surface area contributed by atoms with Crippen LogP contribution in [0.15, 0.2) is 47.4 Å². The first-order valence-corrected chi connectivity index (χ1v) is 16.0. The van der Waals surface area contributed by atoms with Crippen molar-refractivity contribution in [3.8, 4) is 16.9 Å². The number of aryl methyl sites for hydroxylation is 1. The molecule has 0 bridgehead atoms. The lowest BCUT2D eigenvalue weighted by Crippen LogP contribution is -2.51. The van der Waals surface area contributed by atoms with Crippen molar-refractivity contribution in [2.75, 3.05) is 12.9 Å². The number of nitrogens with one attached hydrogen (secondary N) is 1. The number of hydrogen-bond acceptors (Lipinski definition) is 8. The molecule has 1 unspecified atom stereocenters. The van der Waals surface area contributed by atoms with Crippen molar-refractivity contribution in [2.24, 2.45) is 5.92 Å². The maximum atomic E-state index is 14.6. The van der Waals surface area contributed by atoms with Gasteiger partial charge in [0.1, 0.15) is 5.75 Å². The van der Waals surface area contributed by atoms with Gasteiger partial charge in [0.15, 0.2) is 20.9 Å². The van der Waals surface area contributed by atoms with E-state index in [-0.39, 0.29) is 31.6 Å². The van der Waals surface area contributed by atoms with Crippen molar-refractivity contribution in [2.45, 2.75) is 88.1 Å². The molecule has 2 aromatic rings. The van der Waals surface area contributed by atoms with Gasteiger partial charge in [0.05, 0.1) is 12.0 Å². The number of rotatable bonds is 11. The summed E-state index contributed by atoms with van der Waals surface area (Å²) < 4.78 is 64.3. The highest BCUT2D eigenvalue weighted by Gasteiger charge is 2.45. The number of pyridine rings is 1. The third kappa shape index (κ3) is 7.74. The minimum atomic E-state index is -3.90. The van der Waals surface area contributed by atoms with Gasteiger partial charge in [-0.15, -0.1) is 0 Å². The molecule has 232 valence electrons. The largest absolute Gasteiger partial charge is 0.432 e. The fourth-order valence-electron chi connectivity index (χ4n) is 5.07. The predicted octanol–water partition coefficient (Wildman–Crippen LogP) is 3.81. The highest BCUT2D eigenvalue weighted by Crippen LogP contribution is 2.38. The molecule has 2 heterocycles. The first-order valence-electron chi connectivity index (χ1n) is 14.1. The van der Waals surface area contributed by atoms with Gasteiger partial charge in [-0.3, -0.25) is 9.59 Å². The molecule has 1 aromatic carbocycles. The van der Waals surface area contributed by atoms with E-state index in [0.717, 1.165) is 19.1 Å². The molecule has 42 heavy (non-hydrogen) atoms. The molecule has 1 aliphatic carbocycles. The fraction of sp³-hybridized carbons (Fsp3) is 0.586. The molecular weight excluding hydrogens is 574 g/mol. The monoisotopic (exact) mass is 612 g/mol. The molecule has 4 rings (SSSR count). The Morgan fingerprint density at radius 1 is 1.10 bits per heavy atom. The number of aliphatic hydroxyl groups excluding tert-OH is 1. The standard InChI is InChI=1S/C29H38F2N2O8S/c1-28(42(2,37)38,27(36)32-41-26-5-3-4-18-39-26)15-17-33-16-14-21(19-25(33)35)20-6-12-24(13-7-20)40-29(30,31)22-8-10-23(34)11-9-22/h6-7,12-14,16,19,22-23,26,34H,3-5,8-11,15,17-18H2,1-2H3,(H,32,36)/t22?,23?,26?,28-/m1/s1. The first-order chi connectivity index (χ1) is 19.8. The van der Waals surface area contributed by atoms with Crippen molar-refractivity contribution in [1.82, 2.24) is 10.0 Å². The Morgan fingerprint density at radius 2 is 1.79 bits per heavy atom. The Hall–Kier alpha value is -2.87. The fourth-order valence-corrected chi connectivity index (χ4v) is 5.91. The summed E-state index contributed by atoms with van der Waals surface area (Å²) in [6.07, 6.45) is 1.02. The van der Waals surface area contributed by atoms with Crippen LogP contribution >= 0.6 is 0 Å². The van der Waals surface area contributed by atoms with E-state index in [1.165, 1.54) is 35.9 Å². The van der Waals surface area contributed by atoms with E-state index in [1.807, 2.05) is 0 Å². The molecule has 1 saturated heterocycles. The highest BCUT2D eigenvalue weighted by atomic mass is 32.2. The topological polar surface area (TPSA) is 133 Å². The van der Waals surface area contributed by atoms with Crippen LogP contribution in [0.2, 0.25) is 0 Å². The summed E-state index contributed by atoms with van der Waals surface area (Å²) in [5.41, 5.74) is 2.92. The number of aliphatic hydroxyl groups is 1. The quantitative estimate of drug-likeness (QED) is 0.366. The van der Waals surface area contributed by atoms with Crippen LogP contribution in [0.25, 0.3) is 11.1 Å². The predicted molar refractivity (Wildman–Crippen MR) is 150 cm³/mol. The number of amides is 1. The van der Waals surface area contributed by atoms with Gasteiger partial charge >= 0.3 is 6.11 Å². The van der Waals surface area contributed by atoms with Gasteiger partial charge in [-0.1, -0.05) is 12.1 Å². The molecule has 2 aliphatic rings. The van der Waals surface area contributed by atoms with Crippen LogP contribution in [-0.4, -0.2) is 60.1 Å². The summed E-state index contributed by atoms with van der Waals surface area (Å²) in [6.45, 7) is 1.71. The Morgan fingerprint density at radius 3 is 2.38 bits per heavy atom. The molecule has 2 atom stereocenters. The molecule has 2 fully saturated rings. The average Bonchev–Trinajstić information content (AvgIpc) is 2.95. The number of carbonyl (C=O) groups is 1. The smallest absolute Gasteiger partial charge is 0.400 e. The van der Waals surface area contributed by atoms with Crippen molar-refractivity contribution < 1.29 is 41.4 Å². The van der Waals surface area contributed by atoms with Crippen LogP contribution in [0.1, 0.15) is 58.3 Å². The van der Waals surface area contributed by atoms with Crippen LogP contribution in [0.5, 0.6) is 5.75 Å². The summed E-state index contributed by atoms with van der Waals surface area (Å²) in [6, 6.07) is 8.93. The van der Waals surface area contributed by atoms with Gasteiger partial charge in [-0.25, -0.2) is 18.7 Å². The Labute approximate surface area is 243 Å². The lowest BCUT2D eigenvalue weighted by Gasteiger charge is -2.31. The van der Waals surface area contributed by atoms with E-state index < -0.39 is 50.5 Å². The van der Waals surface area contributed by atoms with E-state index >= 15 is 0 Å². The summed E-state index contributed by atoms with van der Waals surface area (Å²) in [5.74, 6) is -1.83. The summed E-state index contributed by atoms with van der Waals surface area (Å²) in [7, 11) is -3.90. The zero-order valence-electron chi connectivity index (χ0n) is 23.8. The van der Waals surface area contributed by atoms with Gasteiger partial charge in [0.2, 0.25) is 0 Å². The molecule has 1 aromatic heterocycles. The maximum absolute atomic E-state index is 14.6. The Bertz CT molecular complexity index is 1390. The molecule has 0 radical (unpaired) electrons. The zero-order chi connectivity index (χ0) is 30.5. The second kappa shape index (κ2) is 13.2. The third-order valence-electron chi connectivity index (χ3n) is 8.16.